The van der Waals surface area contributed by atoms with E-state index in [1.165, 1.54) is 7.11 Å². The fraction of sp³-hybridized carbons (Fsp3) is 0.615. The van der Waals surface area contributed by atoms with Crippen molar-refractivity contribution >= 4 is 11.8 Å². The van der Waals surface area contributed by atoms with Crippen molar-refractivity contribution in [3.05, 3.63) is 17.5 Å². The molecule has 0 amide bonds. The first kappa shape index (κ1) is 14.4. The zero-order valence-corrected chi connectivity index (χ0v) is 11.6. The Bertz CT molecular complexity index is 449. The van der Waals surface area contributed by atoms with E-state index in [2.05, 4.69) is 9.84 Å². The molecule has 0 aliphatic heterocycles. The summed E-state index contributed by atoms with van der Waals surface area (Å²) in [6.45, 7) is 7.67. The number of ketones is 1. The normalized spacial score (nSPS) is 12.6. The van der Waals surface area contributed by atoms with Gasteiger partial charge >= 0.3 is 5.97 Å². The average Bonchev–Trinajstić information content (AvgIpc) is 2.57. The summed E-state index contributed by atoms with van der Waals surface area (Å²) in [7, 11) is 1.28. The van der Waals surface area contributed by atoms with E-state index >= 15 is 0 Å². The Hall–Kier alpha value is -1.65. The molecule has 1 aromatic rings. The van der Waals surface area contributed by atoms with Crippen LogP contribution < -0.4 is 0 Å². The fourth-order valence-corrected chi connectivity index (χ4v) is 2.04. The van der Waals surface area contributed by atoms with Gasteiger partial charge in [-0.2, -0.15) is 5.10 Å². The van der Waals surface area contributed by atoms with E-state index in [4.69, 9.17) is 0 Å². The number of carbonyl (C=O) groups is 2. The van der Waals surface area contributed by atoms with Gasteiger partial charge in [0.2, 0.25) is 0 Å². The Morgan fingerprint density at radius 3 is 2.39 bits per heavy atom. The number of hydrogen-bond donors (Lipinski definition) is 0. The third kappa shape index (κ3) is 3.18. The van der Waals surface area contributed by atoms with Gasteiger partial charge in [-0.05, 0) is 25.8 Å². The number of esters is 1. The second-order valence-corrected chi connectivity index (χ2v) is 4.78. The number of hydrogen-bond acceptors (Lipinski definition) is 4. The second kappa shape index (κ2) is 5.80. The maximum atomic E-state index is 12.2. The molecule has 0 N–H and O–H groups in total. The molecule has 0 aliphatic carbocycles. The van der Waals surface area contributed by atoms with Crippen molar-refractivity contribution in [2.45, 2.75) is 40.2 Å². The molecule has 0 saturated heterocycles. The number of ether oxygens (including phenoxy) is 1. The van der Waals surface area contributed by atoms with E-state index in [1.807, 2.05) is 33.8 Å². The highest BCUT2D eigenvalue weighted by Gasteiger charge is 2.27. The summed E-state index contributed by atoms with van der Waals surface area (Å²) in [6, 6.07) is 1.50. The van der Waals surface area contributed by atoms with Crippen molar-refractivity contribution in [3.8, 4) is 0 Å². The maximum Gasteiger partial charge on any atom is 0.313 e. The van der Waals surface area contributed by atoms with Crippen LogP contribution in [-0.2, 0) is 14.3 Å². The lowest BCUT2D eigenvalue weighted by Crippen LogP contribution is -2.28. The number of Topliss-reactive ketones (excluding diaryl/α,β-unsaturated/α-hetero) is 1. The molecule has 0 fully saturated rings. The Morgan fingerprint density at radius 2 is 2.00 bits per heavy atom. The summed E-state index contributed by atoms with van der Waals surface area (Å²) in [5.41, 5.74) is 1.79. The first-order valence-electron chi connectivity index (χ1n) is 5.99. The molecular formula is C13H20N2O3. The van der Waals surface area contributed by atoms with E-state index in [9.17, 15) is 9.59 Å². The lowest BCUT2D eigenvalue weighted by Gasteiger charge is -2.21. The molecule has 0 aliphatic rings. The molecule has 0 aromatic carbocycles. The number of nitrogens with zero attached hydrogens (tertiary/aromatic N) is 2. The summed E-state index contributed by atoms with van der Waals surface area (Å²) in [5, 5.41) is 4.33. The molecule has 1 atom stereocenters. The quantitative estimate of drug-likeness (QED) is 0.592. The van der Waals surface area contributed by atoms with Crippen molar-refractivity contribution in [3.63, 3.8) is 0 Å². The summed E-state index contributed by atoms with van der Waals surface area (Å²) in [6.07, 6.45) is -0.211. The zero-order valence-electron chi connectivity index (χ0n) is 11.6. The highest BCUT2D eigenvalue weighted by molar-refractivity contribution is 5.97. The summed E-state index contributed by atoms with van der Waals surface area (Å²) >= 11 is 0. The Balaban J connectivity index is 3.00. The smallest absolute Gasteiger partial charge is 0.313 e. The molecule has 0 spiro atoms. The van der Waals surface area contributed by atoms with E-state index in [0.29, 0.717) is 0 Å². The van der Waals surface area contributed by atoms with Crippen LogP contribution in [-0.4, -0.2) is 28.6 Å². The van der Waals surface area contributed by atoms with Crippen molar-refractivity contribution in [1.82, 2.24) is 9.78 Å². The lowest BCUT2D eigenvalue weighted by atomic mass is 9.98. The van der Waals surface area contributed by atoms with Gasteiger partial charge in [0.25, 0.3) is 0 Å². The van der Waals surface area contributed by atoms with Crippen LogP contribution in [0.4, 0.5) is 0 Å². The number of aromatic nitrogens is 2. The van der Waals surface area contributed by atoms with Crippen LogP contribution in [0.2, 0.25) is 0 Å². The van der Waals surface area contributed by atoms with Crippen LogP contribution in [0.3, 0.4) is 0 Å². The zero-order chi connectivity index (χ0) is 13.9. The van der Waals surface area contributed by atoms with Gasteiger partial charge in [0.1, 0.15) is 12.5 Å². The Morgan fingerprint density at radius 1 is 1.39 bits per heavy atom. The third-order valence-electron chi connectivity index (χ3n) is 2.82. The third-order valence-corrected chi connectivity index (χ3v) is 2.82. The van der Waals surface area contributed by atoms with Gasteiger partial charge in [0.15, 0.2) is 5.78 Å². The summed E-state index contributed by atoms with van der Waals surface area (Å²) < 4.78 is 6.23. The largest absolute Gasteiger partial charge is 0.469 e. The van der Waals surface area contributed by atoms with Gasteiger partial charge in [-0.3, -0.25) is 14.3 Å². The monoisotopic (exact) mass is 252 g/mol. The molecule has 0 saturated carbocycles. The number of rotatable bonds is 5. The minimum absolute atomic E-state index is 0.0696. The Labute approximate surface area is 107 Å². The van der Waals surface area contributed by atoms with Crippen LogP contribution in [0.25, 0.3) is 0 Å². The number of carbonyl (C=O) groups excluding carboxylic acids is 2. The fourth-order valence-electron chi connectivity index (χ4n) is 2.04. The SMILES string of the molecule is COC(=O)CC(=O)[C@@H](C(C)C)n1nc(C)cc1C. The predicted molar refractivity (Wildman–Crippen MR) is 67.2 cm³/mol. The molecule has 1 aromatic heterocycles. The standard InChI is InChI=1S/C13H20N2O3/c1-8(2)13(11(16)7-12(17)18-5)15-10(4)6-9(3)14-15/h6,8,13H,7H2,1-5H3/t13-/m1/s1. The van der Waals surface area contributed by atoms with Crippen LogP contribution >= 0.6 is 0 Å². The van der Waals surface area contributed by atoms with Crippen molar-refractivity contribution in [1.29, 1.82) is 0 Å². The van der Waals surface area contributed by atoms with E-state index in [1.54, 1.807) is 4.68 Å². The van der Waals surface area contributed by atoms with Gasteiger partial charge in [-0.15, -0.1) is 0 Å². The van der Waals surface area contributed by atoms with Crippen molar-refractivity contribution < 1.29 is 14.3 Å². The molecule has 1 rings (SSSR count). The first-order chi connectivity index (χ1) is 8.36. The van der Waals surface area contributed by atoms with E-state index in [0.717, 1.165) is 11.4 Å². The molecular weight excluding hydrogens is 232 g/mol. The molecule has 0 bridgehead atoms. The Kier molecular flexibility index (Phi) is 4.64. The molecule has 0 unspecified atom stereocenters. The lowest BCUT2D eigenvalue weighted by molar-refractivity contribution is -0.144. The topological polar surface area (TPSA) is 61.2 Å². The molecule has 18 heavy (non-hydrogen) atoms. The minimum Gasteiger partial charge on any atom is -0.469 e. The molecule has 0 radical (unpaired) electrons. The molecule has 1 heterocycles. The first-order valence-corrected chi connectivity index (χ1v) is 5.99. The van der Waals surface area contributed by atoms with Gasteiger partial charge in [0, 0.05) is 5.69 Å². The molecule has 100 valence electrons. The van der Waals surface area contributed by atoms with Crippen molar-refractivity contribution in [2.24, 2.45) is 5.92 Å². The minimum atomic E-state index is -0.507. The highest BCUT2D eigenvalue weighted by atomic mass is 16.5. The van der Waals surface area contributed by atoms with Crippen LogP contribution in [0.15, 0.2) is 6.07 Å². The van der Waals surface area contributed by atoms with Gasteiger partial charge in [-0.25, -0.2) is 0 Å². The van der Waals surface area contributed by atoms with Gasteiger partial charge in [0.05, 0.1) is 12.8 Å². The molecule has 5 nitrogen and oxygen atoms in total. The van der Waals surface area contributed by atoms with Crippen molar-refractivity contribution in [2.75, 3.05) is 7.11 Å². The maximum absolute atomic E-state index is 12.2. The van der Waals surface area contributed by atoms with E-state index in [-0.39, 0.29) is 18.1 Å². The average molecular weight is 252 g/mol. The van der Waals surface area contributed by atoms with Gasteiger partial charge in [-0.1, -0.05) is 13.8 Å². The number of methoxy groups -OCH3 is 1. The highest BCUT2D eigenvalue weighted by Crippen LogP contribution is 2.22. The summed E-state index contributed by atoms with van der Waals surface area (Å²) in [5.74, 6) is -0.601. The van der Waals surface area contributed by atoms with Gasteiger partial charge < -0.3 is 4.74 Å². The number of aryl methyl sites for hydroxylation is 2. The van der Waals surface area contributed by atoms with Crippen LogP contribution in [0.1, 0.15) is 37.7 Å². The molecule has 5 heteroatoms. The van der Waals surface area contributed by atoms with E-state index < -0.39 is 12.0 Å². The van der Waals surface area contributed by atoms with Crippen LogP contribution in [0.5, 0.6) is 0 Å². The summed E-state index contributed by atoms with van der Waals surface area (Å²) in [4.78, 5) is 23.4. The second-order valence-electron chi connectivity index (χ2n) is 4.78. The predicted octanol–water partition coefficient (Wildman–Crippen LogP) is 1.83. The van der Waals surface area contributed by atoms with Crippen LogP contribution in [0, 0.1) is 19.8 Å².